The molecule has 0 amide bonds. The quantitative estimate of drug-likeness (QED) is 0.183. The van der Waals surface area contributed by atoms with Gasteiger partial charge in [-0.2, -0.15) is 13.2 Å². The molecule has 0 saturated heterocycles. The van der Waals surface area contributed by atoms with Gasteiger partial charge in [-0.15, -0.1) is 0 Å². The number of rotatable bonds is 10. The van der Waals surface area contributed by atoms with Crippen LogP contribution >= 0.6 is 0 Å². The Kier molecular flexibility index (Phi) is 8.57. The van der Waals surface area contributed by atoms with Crippen LogP contribution in [0.25, 0.3) is 22.1 Å². The van der Waals surface area contributed by atoms with Crippen molar-refractivity contribution in [3.63, 3.8) is 0 Å². The molecule has 4 rings (SSSR count). The zero-order valence-corrected chi connectivity index (χ0v) is 21.3. The maximum atomic E-state index is 14.0. The Hall–Kier alpha value is -3.89. The first-order chi connectivity index (χ1) is 18.6. The highest BCUT2D eigenvalue weighted by Gasteiger charge is 2.35. The van der Waals surface area contributed by atoms with Crippen molar-refractivity contribution in [1.82, 2.24) is 0 Å². The summed E-state index contributed by atoms with van der Waals surface area (Å²) in [5, 5.41) is -0.119. The fraction of sp³-hybridized carbons (Fsp3) is 0.276. The lowest BCUT2D eigenvalue weighted by atomic mass is 9.97. The largest absolute Gasteiger partial charge is 0.489 e. The van der Waals surface area contributed by atoms with Crippen molar-refractivity contribution < 1.29 is 41.0 Å². The number of fused-ring (bicyclic) bond motifs is 1. The molecule has 0 bridgehead atoms. The van der Waals surface area contributed by atoms with E-state index in [1.807, 2.05) is 6.07 Å². The molecule has 0 aliphatic carbocycles. The summed E-state index contributed by atoms with van der Waals surface area (Å²) in [7, 11) is 1.47. The second-order valence-electron chi connectivity index (χ2n) is 9.05. The van der Waals surface area contributed by atoms with Crippen LogP contribution in [-0.2, 0) is 40.0 Å². The van der Waals surface area contributed by atoms with E-state index in [2.05, 4.69) is 0 Å². The van der Waals surface area contributed by atoms with Crippen molar-refractivity contribution in [2.24, 2.45) is 5.73 Å². The van der Waals surface area contributed by atoms with E-state index < -0.39 is 29.6 Å². The molecule has 1 unspecified atom stereocenters. The van der Waals surface area contributed by atoms with Gasteiger partial charge in [0.15, 0.2) is 0 Å². The number of hydrogen-bond donors (Lipinski definition) is 1. The van der Waals surface area contributed by atoms with Gasteiger partial charge in [0.25, 0.3) is 0 Å². The smallest absolute Gasteiger partial charge is 0.420 e. The number of alkyl halides is 3. The summed E-state index contributed by atoms with van der Waals surface area (Å²) < 4.78 is 76.7. The Morgan fingerprint density at radius 1 is 1.08 bits per heavy atom. The van der Waals surface area contributed by atoms with E-state index in [1.54, 1.807) is 31.2 Å². The van der Waals surface area contributed by atoms with Crippen LogP contribution in [0, 0.1) is 5.82 Å². The lowest BCUT2D eigenvalue weighted by molar-refractivity contribution is -0.149. The molecule has 3 aromatic carbocycles. The van der Waals surface area contributed by atoms with Crippen molar-refractivity contribution in [3.05, 3.63) is 88.9 Å². The lowest BCUT2D eigenvalue weighted by Crippen LogP contribution is -2.21. The maximum absolute atomic E-state index is 14.0. The Bertz CT molecular complexity index is 1460. The van der Waals surface area contributed by atoms with Crippen LogP contribution < -0.4 is 10.5 Å². The van der Waals surface area contributed by atoms with E-state index in [4.69, 9.17) is 24.4 Å². The zero-order chi connectivity index (χ0) is 28.2. The normalized spacial score (nSPS) is 12.5. The number of hydrogen-bond acceptors (Lipinski definition) is 6. The monoisotopic (exact) mass is 545 g/mol. The zero-order valence-electron chi connectivity index (χ0n) is 21.3. The molecule has 206 valence electrons. The number of methoxy groups -OCH3 is 1. The summed E-state index contributed by atoms with van der Waals surface area (Å²) >= 11 is 0. The molecule has 0 aliphatic heterocycles. The van der Waals surface area contributed by atoms with E-state index in [9.17, 15) is 22.4 Å². The van der Waals surface area contributed by atoms with E-state index in [1.165, 1.54) is 25.3 Å². The van der Waals surface area contributed by atoms with E-state index >= 15 is 0 Å². The molecule has 4 aromatic rings. The first-order valence-corrected chi connectivity index (χ1v) is 12.1. The van der Waals surface area contributed by atoms with Crippen LogP contribution in [0.15, 0.2) is 65.3 Å². The molecule has 0 fully saturated rings. The minimum Gasteiger partial charge on any atom is -0.489 e. The standard InChI is InChI=1S/C29H27F4NO5/c1-17(14-36-2)39-27(35)12-21-11-22(30)6-7-26(21)37-15-19-9-23(20-5-3-4-18(8-20)13-34)28-24(10-19)25(16-38-28)29(31,32)33/h3-11,16-17H,12-15,34H2,1-2H3. The summed E-state index contributed by atoms with van der Waals surface area (Å²) in [5.41, 5.74) is 7.44. The van der Waals surface area contributed by atoms with Crippen LogP contribution in [0.4, 0.5) is 17.6 Å². The van der Waals surface area contributed by atoms with Gasteiger partial charge in [0, 0.05) is 30.2 Å². The van der Waals surface area contributed by atoms with Crippen molar-refractivity contribution in [2.75, 3.05) is 13.7 Å². The molecule has 0 saturated carbocycles. The minimum atomic E-state index is -4.63. The molecule has 0 aliphatic rings. The van der Waals surface area contributed by atoms with Crippen molar-refractivity contribution in [1.29, 1.82) is 0 Å². The highest BCUT2D eigenvalue weighted by atomic mass is 19.4. The SMILES string of the molecule is COCC(C)OC(=O)Cc1cc(F)ccc1OCc1cc(-c2cccc(CN)c2)c2occ(C(F)(F)F)c2c1. The predicted molar refractivity (Wildman–Crippen MR) is 136 cm³/mol. The molecule has 6 nitrogen and oxygen atoms in total. The molecular formula is C29H27F4NO5. The van der Waals surface area contributed by atoms with Crippen LogP contribution in [-0.4, -0.2) is 25.8 Å². The van der Waals surface area contributed by atoms with Gasteiger partial charge in [-0.25, -0.2) is 4.39 Å². The Morgan fingerprint density at radius 2 is 1.87 bits per heavy atom. The van der Waals surface area contributed by atoms with Crippen molar-refractivity contribution in [3.8, 4) is 16.9 Å². The number of furan rings is 1. The van der Waals surface area contributed by atoms with Gasteiger partial charge in [0.05, 0.1) is 13.0 Å². The molecule has 0 radical (unpaired) electrons. The summed E-state index contributed by atoms with van der Waals surface area (Å²) in [6.45, 7) is 1.96. The third kappa shape index (κ3) is 6.76. The van der Waals surface area contributed by atoms with Gasteiger partial charge in [-0.1, -0.05) is 18.2 Å². The Morgan fingerprint density at radius 3 is 2.59 bits per heavy atom. The second-order valence-corrected chi connectivity index (χ2v) is 9.05. The molecule has 39 heavy (non-hydrogen) atoms. The topological polar surface area (TPSA) is 83.9 Å². The van der Waals surface area contributed by atoms with Crippen LogP contribution in [0.5, 0.6) is 5.75 Å². The maximum Gasteiger partial charge on any atom is 0.420 e. The van der Waals surface area contributed by atoms with Crippen LogP contribution in [0.2, 0.25) is 0 Å². The highest BCUT2D eigenvalue weighted by molar-refractivity contribution is 5.95. The van der Waals surface area contributed by atoms with Gasteiger partial charge in [-0.05, 0) is 60.0 Å². The highest BCUT2D eigenvalue weighted by Crippen LogP contribution is 2.40. The van der Waals surface area contributed by atoms with Gasteiger partial charge < -0.3 is 24.4 Å². The number of nitrogens with two attached hydrogens (primary N) is 1. The third-order valence-corrected chi connectivity index (χ3v) is 6.00. The first kappa shape index (κ1) is 28.1. The molecule has 1 heterocycles. The van der Waals surface area contributed by atoms with E-state index in [0.717, 1.165) is 11.6 Å². The van der Waals surface area contributed by atoms with Gasteiger partial charge in [-0.3, -0.25) is 4.79 Å². The first-order valence-electron chi connectivity index (χ1n) is 12.1. The van der Waals surface area contributed by atoms with E-state index in [0.29, 0.717) is 23.0 Å². The van der Waals surface area contributed by atoms with E-state index in [-0.39, 0.29) is 48.5 Å². The molecule has 10 heteroatoms. The van der Waals surface area contributed by atoms with Gasteiger partial charge >= 0.3 is 12.1 Å². The summed E-state index contributed by atoms with van der Waals surface area (Å²) in [5.74, 6) is -0.985. The molecule has 2 N–H and O–H groups in total. The molecule has 0 spiro atoms. The number of benzene rings is 3. The molecular weight excluding hydrogens is 518 g/mol. The summed E-state index contributed by atoms with van der Waals surface area (Å²) in [6, 6.07) is 13.8. The van der Waals surface area contributed by atoms with Crippen molar-refractivity contribution in [2.45, 2.75) is 38.8 Å². The molecule has 1 aromatic heterocycles. The van der Waals surface area contributed by atoms with Gasteiger partial charge in [0.1, 0.15) is 41.7 Å². The lowest BCUT2D eigenvalue weighted by Gasteiger charge is -2.15. The fourth-order valence-corrected chi connectivity index (χ4v) is 4.26. The Balaban J connectivity index is 1.67. The average molecular weight is 546 g/mol. The summed E-state index contributed by atoms with van der Waals surface area (Å²) in [4.78, 5) is 12.4. The fourth-order valence-electron chi connectivity index (χ4n) is 4.26. The number of ether oxygens (including phenoxy) is 3. The Labute approximate surface area is 222 Å². The number of carbonyl (C=O) groups excluding carboxylic acids is 1. The average Bonchev–Trinajstić information content (AvgIpc) is 3.32. The van der Waals surface area contributed by atoms with Crippen LogP contribution in [0.3, 0.4) is 0 Å². The predicted octanol–water partition coefficient (Wildman–Crippen LogP) is 6.42. The number of esters is 1. The number of halogens is 4. The van der Waals surface area contributed by atoms with Crippen LogP contribution in [0.1, 0.15) is 29.2 Å². The number of carbonyl (C=O) groups is 1. The van der Waals surface area contributed by atoms with Crippen molar-refractivity contribution >= 4 is 16.9 Å². The third-order valence-electron chi connectivity index (χ3n) is 6.00. The second kappa shape index (κ2) is 11.9. The molecule has 1 atom stereocenters. The van der Waals surface area contributed by atoms with Gasteiger partial charge in [0.2, 0.25) is 0 Å². The summed E-state index contributed by atoms with van der Waals surface area (Å²) in [6.07, 6.45) is -4.70. The minimum absolute atomic E-state index is 0.0793.